The minimum Gasteiger partial charge on any atom is -0.465 e. The fourth-order valence-electron chi connectivity index (χ4n) is 1.32. The van der Waals surface area contributed by atoms with Crippen molar-refractivity contribution in [3.8, 4) is 0 Å². The molecule has 1 aromatic rings. The van der Waals surface area contributed by atoms with Crippen LogP contribution < -0.4 is 4.72 Å². The summed E-state index contributed by atoms with van der Waals surface area (Å²) < 4.78 is 31.1. The van der Waals surface area contributed by atoms with Gasteiger partial charge in [-0.2, -0.15) is 0 Å². The van der Waals surface area contributed by atoms with Gasteiger partial charge in [0.2, 0.25) is 10.0 Å². The number of carbonyl (C=O) groups excluding carboxylic acids is 1. The summed E-state index contributed by atoms with van der Waals surface area (Å²) >= 11 is 0. The Labute approximate surface area is 107 Å². The van der Waals surface area contributed by atoms with Crippen LogP contribution in [0.25, 0.3) is 0 Å². The SMILES string of the molecule is CCC(C)NS(=O)(=O)c1cccc(C(=O)OC)c1. The van der Waals surface area contributed by atoms with Crippen molar-refractivity contribution in [1.29, 1.82) is 0 Å². The zero-order chi connectivity index (χ0) is 13.8. The molecule has 0 spiro atoms. The number of benzene rings is 1. The Morgan fingerprint density at radius 1 is 1.44 bits per heavy atom. The van der Waals surface area contributed by atoms with Crippen LogP contribution in [0.2, 0.25) is 0 Å². The molecule has 0 heterocycles. The Morgan fingerprint density at radius 2 is 2.11 bits per heavy atom. The zero-order valence-corrected chi connectivity index (χ0v) is 11.5. The minimum absolute atomic E-state index is 0.0608. The highest BCUT2D eigenvalue weighted by atomic mass is 32.2. The third-order valence-corrected chi connectivity index (χ3v) is 4.12. The smallest absolute Gasteiger partial charge is 0.337 e. The van der Waals surface area contributed by atoms with Gasteiger partial charge in [0.05, 0.1) is 17.6 Å². The highest BCUT2D eigenvalue weighted by Crippen LogP contribution is 2.13. The second kappa shape index (κ2) is 5.97. The fraction of sp³-hybridized carbons (Fsp3) is 0.417. The summed E-state index contributed by atoms with van der Waals surface area (Å²) in [4.78, 5) is 11.4. The van der Waals surface area contributed by atoms with Crippen molar-refractivity contribution >= 4 is 16.0 Å². The van der Waals surface area contributed by atoms with Gasteiger partial charge in [0.25, 0.3) is 0 Å². The highest BCUT2D eigenvalue weighted by molar-refractivity contribution is 7.89. The van der Waals surface area contributed by atoms with E-state index in [1.165, 1.54) is 31.4 Å². The van der Waals surface area contributed by atoms with Crippen molar-refractivity contribution in [1.82, 2.24) is 4.72 Å². The molecule has 0 amide bonds. The molecule has 0 bridgehead atoms. The van der Waals surface area contributed by atoms with E-state index < -0.39 is 16.0 Å². The lowest BCUT2D eigenvalue weighted by Crippen LogP contribution is -2.32. The third kappa shape index (κ3) is 3.54. The number of nitrogens with one attached hydrogen (secondary N) is 1. The third-order valence-electron chi connectivity index (χ3n) is 2.53. The van der Waals surface area contributed by atoms with E-state index in [4.69, 9.17) is 0 Å². The summed E-state index contributed by atoms with van der Waals surface area (Å²) in [6, 6.07) is 5.61. The fourth-order valence-corrected chi connectivity index (χ4v) is 2.70. The maximum Gasteiger partial charge on any atom is 0.337 e. The summed E-state index contributed by atoms with van der Waals surface area (Å²) in [7, 11) is -2.34. The van der Waals surface area contributed by atoms with E-state index >= 15 is 0 Å². The summed E-state index contributed by atoms with van der Waals surface area (Å²) in [5.41, 5.74) is 0.213. The summed E-state index contributed by atoms with van der Waals surface area (Å²) in [5.74, 6) is -0.560. The molecule has 0 aliphatic carbocycles. The molecule has 0 aliphatic rings. The second-order valence-electron chi connectivity index (χ2n) is 3.95. The summed E-state index contributed by atoms with van der Waals surface area (Å²) in [6.07, 6.45) is 0.690. The molecule has 0 aliphatic heterocycles. The van der Waals surface area contributed by atoms with Crippen LogP contribution in [0.3, 0.4) is 0 Å². The molecule has 18 heavy (non-hydrogen) atoms. The monoisotopic (exact) mass is 271 g/mol. The number of hydrogen-bond donors (Lipinski definition) is 1. The Morgan fingerprint density at radius 3 is 2.67 bits per heavy atom. The Bertz CT molecular complexity index is 525. The van der Waals surface area contributed by atoms with Crippen LogP contribution in [0.15, 0.2) is 29.2 Å². The van der Waals surface area contributed by atoms with E-state index in [0.717, 1.165) is 0 Å². The van der Waals surface area contributed by atoms with Crippen LogP contribution in [0, 0.1) is 0 Å². The minimum atomic E-state index is -3.59. The van der Waals surface area contributed by atoms with E-state index in [2.05, 4.69) is 9.46 Å². The van der Waals surface area contributed by atoms with Gasteiger partial charge in [0.1, 0.15) is 0 Å². The second-order valence-corrected chi connectivity index (χ2v) is 5.66. The number of sulfonamides is 1. The summed E-state index contributed by atoms with van der Waals surface area (Å²) in [6.45, 7) is 3.67. The van der Waals surface area contributed by atoms with Crippen molar-refractivity contribution < 1.29 is 17.9 Å². The van der Waals surface area contributed by atoms with Crippen molar-refractivity contribution in [2.45, 2.75) is 31.2 Å². The van der Waals surface area contributed by atoms with Crippen LogP contribution >= 0.6 is 0 Å². The van der Waals surface area contributed by atoms with Crippen molar-refractivity contribution in [2.24, 2.45) is 0 Å². The molecule has 0 saturated carbocycles. The van der Waals surface area contributed by atoms with Crippen LogP contribution in [-0.4, -0.2) is 27.5 Å². The zero-order valence-electron chi connectivity index (χ0n) is 10.6. The van der Waals surface area contributed by atoms with E-state index in [1.807, 2.05) is 6.92 Å². The van der Waals surface area contributed by atoms with Crippen molar-refractivity contribution in [3.63, 3.8) is 0 Å². The maximum absolute atomic E-state index is 12.0. The highest BCUT2D eigenvalue weighted by Gasteiger charge is 2.18. The number of ether oxygens (including phenoxy) is 1. The average Bonchev–Trinajstić information content (AvgIpc) is 2.37. The topological polar surface area (TPSA) is 72.5 Å². The quantitative estimate of drug-likeness (QED) is 0.825. The van der Waals surface area contributed by atoms with Crippen molar-refractivity contribution in [2.75, 3.05) is 7.11 Å². The first-order valence-corrected chi connectivity index (χ1v) is 7.09. The van der Waals surface area contributed by atoms with Crippen LogP contribution in [0.5, 0.6) is 0 Å². The first-order chi connectivity index (χ1) is 8.40. The molecule has 100 valence electrons. The van der Waals surface area contributed by atoms with E-state index in [0.29, 0.717) is 6.42 Å². The van der Waals surface area contributed by atoms with Crippen LogP contribution in [0.4, 0.5) is 0 Å². The molecule has 1 unspecified atom stereocenters. The van der Waals surface area contributed by atoms with Gasteiger partial charge in [0, 0.05) is 6.04 Å². The molecule has 1 N–H and O–H groups in total. The van der Waals surface area contributed by atoms with E-state index in [9.17, 15) is 13.2 Å². The van der Waals surface area contributed by atoms with Crippen LogP contribution in [0.1, 0.15) is 30.6 Å². The Kier molecular flexibility index (Phi) is 4.86. The van der Waals surface area contributed by atoms with Gasteiger partial charge in [-0.15, -0.1) is 0 Å². The molecule has 1 aromatic carbocycles. The van der Waals surface area contributed by atoms with Gasteiger partial charge in [-0.25, -0.2) is 17.9 Å². The predicted octanol–water partition coefficient (Wildman–Crippen LogP) is 1.55. The molecule has 1 rings (SSSR count). The molecular weight excluding hydrogens is 254 g/mol. The predicted molar refractivity (Wildman–Crippen MR) is 67.9 cm³/mol. The lowest BCUT2D eigenvalue weighted by molar-refractivity contribution is 0.0600. The first kappa shape index (κ1) is 14.7. The van der Waals surface area contributed by atoms with Crippen LogP contribution in [-0.2, 0) is 14.8 Å². The number of methoxy groups -OCH3 is 1. The van der Waals surface area contributed by atoms with Gasteiger partial charge < -0.3 is 4.74 Å². The standard InChI is InChI=1S/C12H17NO4S/c1-4-9(2)13-18(15,16)11-7-5-6-10(8-11)12(14)17-3/h5-9,13H,4H2,1-3H3. The van der Waals surface area contributed by atoms with Gasteiger partial charge in [-0.3, -0.25) is 0 Å². The van der Waals surface area contributed by atoms with E-state index in [1.54, 1.807) is 6.92 Å². The normalized spacial score (nSPS) is 13.1. The molecule has 5 nitrogen and oxygen atoms in total. The van der Waals surface area contributed by atoms with Gasteiger partial charge in [-0.05, 0) is 31.5 Å². The molecular formula is C12H17NO4S. The Hall–Kier alpha value is -1.40. The first-order valence-electron chi connectivity index (χ1n) is 5.61. The lowest BCUT2D eigenvalue weighted by Gasteiger charge is -2.12. The molecule has 0 fully saturated rings. The van der Waals surface area contributed by atoms with Gasteiger partial charge in [0.15, 0.2) is 0 Å². The van der Waals surface area contributed by atoms with Gasteiger partial charge >= 0.3 is 5.97 Å². The van der Waals surface area contributed by atoms with E-state index in [-0.39, 0.29) is 16.5 Å². The molecule has 1 atom stereocenters. The number of hydrogen-bond acceptors (Lipinski definition) is 4. The maximum atomic E-state index is 12.0. The largest absolute Gasteiger partial charge is 0.465 e. The van der Waals surface area contributed by atoms with Gasteiger partial charge in [-0.1, -0.05) is 13.0 Å². The molecule has 6 heteroatoms. The number of rotatable bonds is 5. The Balaban J connectivity index is 3.06. The molecule has 0 saturated heterocycles. The number of esters is 1. The number of carbonyl (C=O) groups is 1. The lowest BCUT2D eigenvalue weighted by atomic mass is 10.2. The summed E-state index contributed by atoms with van der Waals surface area (Å²) in [5, 5.41) is 0. The van der Waals surface area contributed by atoms with Crippen molar-refractivity contribution in [3.05, 3.63) is 29.8 Å². The average molecular weight is 271 g/mol. The molecule has 0 radical (unpaired) electrons. The molecule has 0 aromatic heterocycles.